The van der Waals surface area contributed by atoms with Crippen molar-refractivity contribution in [2.24, 2.45) is 0 Å². The zero-order valence-corrected chi connectivity index (χ0v) is 14.1. The van der Waals surface area contributed by atoms with E-state index in [4.69, 9.17) is 0 Å². The fourth-order valence-corrected chi connectivity index (χ4v) is 2.30. The molecule has 6 nitrogen and oxygen atoms in total. The smallest absolute Gasteiger partial charge is 0.339 e. The Morgan fingerprint density at radius 1 is 1.04 bits per heavy atom. The molecule has 0 aromatic heterocycles. The lowest BCUT2D eigenvalue weighted by molar-refractivity contribution is -0.120. The summed E-state index contributed by atoms with van der Waals surface area (Å²) < 4.78 is 32.0. The van der Waals surface area contributed by atoms with Crippen molar-refractivity contribution in [3.05, 3.63) is 59.7 Å². The molecule has 0 unspecified atom stereocenters. The van der Waals surface area contributed by atoms with Gasteiger partial charge in [-0.05, 0) is 24.3 Å². The van der Waals surface area contributed by atoms with Crippen molar-refractivity contribution in [2.75, 3.05) is 23.9 Å². The third-order valence-electron chi connectivity index (χ3n) is 3.51. The molecular weight excluding hydrogens is 346 g/mol. The molecule has 26 heavy (non-hydrogen) atoms. The molecule has 0 radical (unpaired) electrons. The molecule has 0 fully saturated rings. The van der Waals surface area contributed by atoms with Gasteiger partial charge in [0.05, 0.1) is 18.4 Å². The maximum absolute atomic E-state index is 13.6. The molecule has 136 valence electrons. The SMILES string of the molecule is COC(=O)c1ccccc1N(CC(=O)Nc1c(F)cccc1F)C(C)=O. The lowest BCUT2D eigenvalue weighted by Crippen LogP contribution is -2.37. The van der Waals surface area contributed by atoms with Crippen molar-refractivity contribution < 1.29 is 27.9 Å². The van der Waals surface area contributed by atoms with Crippen molar-refractivity contribution >= 4 is 29.2 Å². The van der Waals surface area contributed by atoms with E-state index in [1.807, 2.05) is 0 Å². The number of carbonyl (C=O) groups is 3. The Hall–Kier alpha value is -3.29. The van der Waals surface area contributed by atoms with Crippen molar-refractivity contribution in [3.63, 3.8) is 0 Å². The minimum Gasteiger partial charge on any atom is -0.465 e. The highest BCUT2D eigenvalue weighted by atomic mass is 19.1. The van der Waals surface area contributed by atoms with E-state index in [1.54, 1.807) is 12.1 Å². The van der Waals surface area contributed by atoms with E-state index in [1.165, 1.54) is 26.2 Å². The van der Waals surface area contributed by atoms with Crippen LogP contribution in [-0.2, 0) is 14.3 Å². The van der Waals surface area contributed by atoms with Gasteiger partial charge in [0.25, 0.3) is 0 Å². The van der Waals surface area contributed by atoms with Crippen molar-refractivity contribution in [1.29, 1.82) is 0 Å². The lowest BCUT2D eigenvalue weighted by Gasteiger charge is -2.22. The van der Waals surface area contributed by atoms with E-state index in [9.17, 15) is 23.2 Å². The summed E-state index contributed by atoms with van der Waals surface area (Å²) in [5, 5.41) is 2.10. The first-order chi connectivity index (χ1) is 12.3. The summed E-state index contributed by atoms with van der Waals surface area (Å²) in [5.41, 5.74) is -0.381. The maximum atomic E-state index is 13.6. The second-order valence-corrected chi connectivity index (χ2v) is 5.26. The van der Waals surface area contributed by atoms with Gasteiger partial charge in [0.1, 0.15) is 23.9 Å². The van der Waals surface area contributed by atoms with Crippen LogP contribution in [0.4, 0.5) is 20.2 Å². The molecule has 8 heteroatoms. The third kappa shape index (κ3) is 4.21. The molecule has 0 bridgehead atoms. The number of anilines is 2. The molecular formula is C18H16F2N2O4. The van der Waals surface area contributed by atoms with Gasteiger partial charge in [0.2, 0.25) is 11.8 Å². The average molecular weight is 362 g/mol. The number of amides is 2. The van der Waals surface area contributed by atoms with Crippen LogP contribution in [0.2, 0.25) is 0 Å². The van der Waals surface area contributed by atoms with Crippen LogP contribution in [0.1, 0.15) is 17.3 Å². The van der Waals surface area contributed by atoms with Gasteiger partial charge in [-0.2, -0.15) is 0 Å². The van der Waals surface area contributed by atoms with E-state index in [-0.39, 0.29) is 11.3 Å². The summed E-state index contributed by atoms with van der Waals surface area (Å²) >= 11 is 0. The largest absolute Gasteiger partial charge is 0.465 e. The van der Waals surface area contributed by atoms with Gasteiger partial charge in [-0.1, -0.05) is 18.2 Å². The van der Waals surface area contributed by atoms with E-state index in [0.29, 0.717) is 0 Å². The number of benzene rings is 2. The molecule has 0 aliphatic carbocycles. The standard InChI is InChI=1S/C18H16F2N2O4/c1-11(23)22(15-9-4-3-6-12(15)18(25)26-2)10-16(24)21-17-13(19)7-5-8-14(17)20/h3-9H,10H2,1-2H3,(H,21,24). The Morgan fingerprint density at radius 2 is 1.65 bits per heavy atom. The maximum Gasteiger partial charge on any atom is 0.339 e. The topological polar surface area (TPSA) is 75.7 Å². The Morgan fingerprint density at radius 3 is 2.23 bits per heavy atom. The van der Waals surface area contributed by atoms with E-state index < -0.39 is 41.7 Å². The number of nitrogens with one attached hydrogen (secondary N) is 1. The normalized spacial score (nSPS) is 10.2. The number of hydrogen-bond acceptors (Lipinski definition) is 4. The van der Waals surface area contributed by atoms with Gasteiger partial charge in [0.15, 0.2) is 0 Å². The number of carbonyl (C=O) groups excluding carboxylic acids is 3. The molecule has 2 amide bonds. The molecule has 2 rings (SSSR count). The zero-order chi connectivity index (χ0) is 19.3. The van der Waals surface area contributed by atoms with Crippen molar-refractivity contribution in [3.8, 4) is 0 Å². The summed E-state index contributed by atoms with van der Waals surface area (Å²) in [4.78, 5) is 37.1. The van der Waals surface area contributed by atoms with Crippen LogP contribution in [0.15, 0.2) is 42.5 Å². The van der Waals surface area contributed by atoms with Gasteiger partial charge >= 0.3 is 5.97 Å². The van der Waals surface area contributed by atoms with Crippen LogP contribution < -0.4 is 10.2 Å². The summed E-state index contributed by atoms with van der Waals surface area (Å²) in [7, 11) is 1.19. The molecule has 2 aromatic rings. The molecule has 0 spiro atoms. The van der Waals surface area contributed by atoms with Crippen molar-refractivity contribution in [2.45, 2.75) is 6.92 Å². The number of rotatable bonds is 5. The number of ether oxygens (including phenoxy) is 1. The fourth-order valence-electron chi connectivity index (χ4n) is 2.30. The Kier molecular flexibility index (Phi) is 6.00. The summed E-state index contributed by atoms with van der Waals surface area (Å²) in [6.07, 6.45) is 0. The van der Waals surface area contributed by atoms with Crippen LogP contribution in [-0.4, -0.2) is 31.4 Å². The third-order valence-corrected chi connectivity index (χ3v) is 3.51. The van der Waals surface area contributed by atoms with Crippen LogP contribution in [0.3, 0.4) is 0 Å². The highest BCUT2D eigenvalue weighted by Crippen LogP contribution is 2.22. The first kappa shape index (κ1) is 19.0. The Bertz CT molecular complexity index is 835. The van der Waals surface area contributed by atoms with Crippen LogP contribution in [0, 0.1) is 11.6 Å². The quantitative estimate of drug-likeness (QED) is 0.830. The van der Waals surface area contributed by atoms with Crippen molar-refractivity contribution in [1.82, 2.24) is 0 Å². The Labute approximate surface area is 148 Å². The van der Waals surface area contributed by atoms with E-state index >= 15 is 0 Å². The number of methoxy groups -OCH3 is 1. The first-order valence-electron chi connectivity index (χ1n) is 7.54. The summed E-state index contributed by atoms with van der Waals surface area (Å²) in [5.74, 6) is -3.94. The van der Waals surface area contributed by atoms with Crippen LogP contribution >= 0.6 is 0 Å². The first-order valence-corrected chi connectivity index (χ1v) is 7.54. The highest BCUT2D eigenvalue weighted by molar-refractivity contribution is 6.06. The summed E-state index contributed by atoms with van der Waals surface area (Å²) in [6.45, 7) is 0.655. The van der Waals surface area contributed by atoms with E-state index in [0.717, 1.165) is 23.1 Å². The van der Waals surface area contributed by atoms with Crippen LogP contribution in [0.25, 0.3) is 0 Å². The van der Waals surface area contributed by atoms with Gasteiger partial charge in [-0.15, -0.1) is 0 Å². The minimum atomic E-state index is -0.942. The highest BCUT2D eigenvalue weighted by Gasteiger charge is 2.23. The predicted molar refractivity (Wildman–Crippen MR) is 90.8 cm³/mol. The molecule has 0 saturated carbocycles. The molecule has 1 N–H and O–H groups in total. The summed E-state index contributed by atoms with van der Waals surface area (Å²) in [6, 6.07) is 9.20. The predicted octanol–water partition coefficient (Wildman–Crippen LogP) is 2.74. The molecule has 0 aliphatic heterocycles. The number of esters is 1. The lowest BCUT2D eigenvalue weighted by atomic mass is 10.1. The molecule has 0 aliphatic rings. The molecule has 2 aromatic carbocycles. The monoisotopic (exact) mass is 362 g/mol. The van der Waals surface area contributed by atoms with Gasteiger partial charge in [0, 0.05) is 6.92 Å². The van der Waals surface area contributed by atoms with E-state index in [2.05, 4.69) is 10.1 Å². The zero-order valence-electron chi connectivity index (χ0n) is 14.1. The molecule has 0 heterocycles. The second-order valence-electron chi connectivity index (χ2n) is 5.26. The van der Waals surface area contributed by atoms with Gasteiger partial charge < -0.3 is 15.0 Å². The number of para-hydroxylation sites is 2. The minimum absolute atomic E-state index is 0.0788. The fraction of sp³-hybridized carbons (Fsp3) is 0.167. The van der Waals surface area contributed by atoms with Crippen LogP contribution in [0.5, 0.6) is 0 Å². The molecule has 0 saturated heterocycles. The average Bonchev–Trinajstić information content (AvgIpc) is 2.62. The number of hydrogen-bond donors (Lipinski definition) is 1. The number of halogens is 2. The molecule has 0 atom stereocenters. The number of nitrogens with zero attached hydrogens (tertiary/aromatic N) is 1. The van der Waals surface area contributed by atoms with Gasteiger partial charge in [-0.25, -0.2) is 13.6 Å². The van der Waals surface area contributed by atoms with Gasteiger partial charge in [-0.3, -0.25) is 9.59 Å². The Balaban J connectivity index is 2.28. The second kappa shape index (κ2) is 8.19.